The number of nitrogens with one attached hydrogen (secondary N) is 1. The Morgan fingerprint density at radius 2 is 2.27 bits per heavy atom. The highest BCUT2D eigenvalue weighted by molar-refractivity contribution is 5.81. The number of rotatable bonds is 8. The maximum atomic E-state index is 10.7. The van der Waals surface area contributed by atoms with Crippen molar-refractivity contribution in [3.05, 3.63) is 12.7 Å². The van der Waals surface area contributed by atoms with Crippen molar-refractivity contribution in [2.75, 3.05) is 13.2 Å². The van der Waals surface area contributed by atoms with E-state index < -0.39 is 18.0 Å². The minimum absolute atomic E-state index is 0.0819. The molecule has 0 aliphatic carbocycles. The molecule has 2 N–H and O–H groups in total. The quantitative estimate of drug-likeness (QED) is 0.457. The van der Waals surface area contributed by atoms with Crippen LogP contribution in [0.5, 0.6) is 0 Å². The van der Waals surface area contributed by atoms with Crippen LogP contribution >= 0.6 is 0 Å². The summed E-state index contributed by atoms with van der Waals surface area (Å²) in [6.45, 7) is 5.90. The molecule has 5 heteroatoms. The maximum Gasteiger partial charge on any atom is 0.330 e. The molecule has 1 atom stereocenters. The number of carboxylic acids is 1. The highest BCUT2D eigenvalue weighted by Gasteiger charge is 2.16. The second-order valence-electron chi connectivity index (χ2n) is 3.01. The minimum Gasteiger partial charge on any atom is -0.480 e. The molecule has 0 saturated carbocycles. The standard InChI is InChI=1S/C10H17NO4/c1-3-6-11-8(10(13)14)5-7-15-9(12)4-2/h4,8,11H,2-3,5-7H2,1H3,(H,13,14)/t8-/m0/s1. The molecule has 86 valence electrons. The third-order valence-electron chi connectivity index (χ3n) is 1.76. The summed E-state index contributed by atoms with van der Waals surface area (Å²) in [6.07, 6.45) is 2.17. The first kappa shape index (κ1) is 13.6. The summed E-state index contributed by atoms with van der Waals surface area (Å²) in [4.78, 5) is 21.4. The van der Waals surface area contributed by atoms with Gasteiger partial charge in [-0.2, -0.15) is 0 Å². The van der Waals surface area contributed by atoms with E-state index in [1.807, 2.05) is 6.92 Å². The van der Waals surface area contributed by atoms with Crippen LogP contribution in [0.3, 0.4) is 0 Å². The number of carbonyl (C=O) groups is 2. The highest BCUT2D eigenvalue weighted by atomic mass is 16.5. The van der Waals surface area contributed by atoms with E-state index in [0.29, 0.717) is 6.54 Å². The van der Waals surface area contributed by atoms with Crippen LogP contribution in [0.4, 0.5) is 0 Å². The van der Waals surface area contributed by atoms with E-state index in [2.05, 4.69) is 11.9 Å². The van der Waals surface area contributed by atoms with E-state index >= 15 is 0 Å². The average Bonchev–Trinajstić information content (AvgIpc) is 2.22. The number of carbonyl (C=O) groups excluding carboxylic acids is 1. The molecule has 0 aromatic carbocycles. The van der Waals surface area contributed by atoms with Crippen LogP contribution in [0.25, 0.3) is 0 Å². The Morgan fingerprint density at radius 3 is 2.73 bits per heavy atom. The zero-order valence-electron chi connectivity index (χ0n) is 8.86. The Morgan fingerprint density at radius 1 is 1.60 bits per heavy atom. The molecule has 0 rings (SSSR count). The van der Waals surface area contributed by atoms with Crippen molar-refractivity contribution in [3.63, 3.8) is 0 Å². The van der Waals surface area contributed by atoms with Gasteiger partial charge in [0.05, 0.1) is 6.61 Å². The van der Waals surface area contributed by atoms with Crippen LogP contribution in [0.1, 0.15) is 19.8 Å². The van der Waals surface area contributed by atoms with Crippen LogP contribution in [0.2, 0.25) is 0 Å². The zero-order chi connectivity index (χ0) is 11.7. The number of ether oxygens (including phenoxy) is 1. The Labute approximate surface area is 89.1 Å². The number of hydrogen-bond donors (Lipinski definition) is 2. The summed E-state index contributed by atoms with van der Waals surface area (Å²) in [6, 6.07) is -0.664. The van der Waals surface area contributed by atoms with Crippen LogP contribution in [-0.4, -0.2) is 36.2 Å². The molecule has 0 aliphatic heterocycles. The largest absolute Gasteiger partial charge is 0.480 e. The molecule has 0 spiro atoms. The Balaban J connectivity index is 3.80. The first-order valence-electron chi connectivity index (χ1n) is 4.87. The fraction of sp³-hybridized carbons (Fsp3) is 0.600. The predicted octanol–water partition coefficient (Wildman–Crippen LogP) is 0.558. The summed E-state index contributed by atoms with van der Waals surface area (Å²) in [5.41, 5.74) is 0. The van der Waals surface area contributed by atoms with E-state index in [4.69, 9.17) is 9.84 Å². The highest BCUT2D eigenvalue weighted by Crippen LogP contribution is 1.94. The van der Waals surface area contributed by atoms with Gasteiger partial charge in [0.15, 0.2) is 0 Å². The number of aliphatic carboxylic acids is 1. The van der Waals surface area contributed by atoms with Gasteiger partial charge in [0.25, 0.3) is 0 Å². The van der Waals surface area contributed by atoms with E-state index in [-0.39, 0.29) is 13.0 Å². The van der Waals surface area contributed by atoms with Crippen LogP contribution < -0.4 is 5.32 Å². The second kappa shape index (κ2) is 7.99. The Bertz CT molecular complexity index is 227. The van der Waals surface area contributed by atoms with Gasteiger partial charge in [0.1, 0.15) is 6.04 Å². The molecule has 0 bridgehead atoms. The van der Waals surface area contributed by atoms with Crippen LogP contribution in [0, 0.1) is 0 Å². The molecule has 5 nitrogen and oxygen atoms in total. The molecule has 0 aromatic heterocycles. The molecule has 0 radical (unpaired) electrons. The second-order valence-corrected chi connectivity index (χ2v) is 3.01. The first-order valence-corrected chi connectivity index (χ1v) is 4.87. The van der Waals surface area contributed by atoms with Gasteiger partial charge in [0.2, 0.25) is 0 Å². The van der Waals surface area contributed by atoms with Gasteiger partial charge in [-0.3, -0.25) is 4.79 Å². The fourth-order valence-corrected chi connectivity index (χ4v) is 0.968. The Kier molecular flexibility index (Phi) is 7.27. The molecular formula is C10H17NO4. The molecule has 0 saturated heterocycles. The summed E-state index contributed by atoms with van der Waals surface area (Å²) in [5.74, 6) is -1.47. The predicted molar refractivity (Wildman–Crippen MR) is 55.5 cm³/mol. The van der Waals surface area contributed by atoms with Crippen molar-refractivity contribution in [2.24, 2.45) is 0 Å². The van der Waals surface area contributed by atoms with E-state index in [9.17, 15) is 9.59 Å². The third-order valence-corrected chi connectivity index (χ3v) is 1.76. The lowest BCUT2D eigenvalue weighted by molar-refractivity contribution is -0.143. The molecule has 0 heterocycles. The van der Waals surface area contributed by atoms with Gasteiger partial charge in [-0.15, -0.1) is 0 Å². The lowest BCUT2D eigenvalue weighted by Gasteiger charge is -2.13. The lowest BCUT2D eigenvalue weighted by Crippen LogP contribution is -2.38. The van der Waals surface area contributed by atoms with E-state index in [1.165, 1.54) is 0 Å². The average molecular weight is 215 g/mol. The summed E-state index contributed by atoms with van der Waals surface area (Å²) in [7, 11) is 0. The third kappa shape index (κ3) is 6.68. The van der Waals surface area contributed by atoms with Crippen molar-refractivity contribution in [2.45, 2.75) is 25.8 Å². The van der Waals surface area contributed by atoms with Crippen molar-refractivity contribution in [1.82, 2.24) is 5.32 Å². The van der Waals surface area contributed by atoms with Crippen molar-refractivity contribution >= 4 is 11.9 Å². The van der Waals surface area contributed by atoms with Crippen molar-refractivity contribution in [3.8, 4) is 0 Å². The fourth-order valence-electron chi connectivity index (χ4n) is 0.968. The van der Waals surface area contributed by atoms with Crippen LogP contribution in [0.15, 0.2) is 12.7 Å². The lowest BCUT2D eigenvalue weighted by atomic mass is 10.2. The first-order chi connectivity index (χ1) is 7.11. The summed E-state index contributed by atoms with van der Waals surface area (Å²) in [5, 5.41) is 11.6. The minimum atomic E-state index is -0.932. The van der Waals surface area contributed by atoms with Gasteiger partial charge in [-0.05, 0) is 13.0 Å². The SMILES string of the molecule is C=CC(=O)OCC[C@H](NCCC)C(=O)O. The normalized spacial score (nSPS) is 11.8. The monoisotopic (exact) mass is 215 g/mol. The summed E-state index contributed by atoms with van der Waals surface area (Å²) < 4.78 is 4.69. The van der Waals surface area contributed by atoms with Gasteiger partial charge in [-0.1, -0.05) is 13.5 Å². The van der Waals surface area contributed by atoms with Gasteiger partial charge >= 0.3 is 11.9 Å². The van der Waals surface area contributed by atoms with E-state index in [1.54, 1.807) is 0 Å². The molecular weight excluding hydrogens is 198 g/mol. The number of esters is 1. The van der Waals surface area contributed by atoms with Crippen molar-refractivity contribution in [1.29, 1.82) is 0 Å². The van der Waals surface area contributed by atoms with Crippen LogP contribution in [-0.2, 0) is 14.3 Å². The smallest absolute Gasteiger partial charge is 0.330 e. The molecule has 0 unspecified atom stereocenters. The van der Waals surface area contributed by atoms with Gasteiger partial charge in [0, 0.05) is 12.5 Å². The number of carboxylic acid groups (broad SMARTS) is 1. The Hall–Kier alpha value is -1.36. The number of hydrogen-bond acceptors (Lipinski definition) is 4. The molecule has 15 heavy (non-hydrogen) atoms. The molecule has 0 aromatic rings. The van der Waals surface area contributed by atoms with Crippen molar-refractivity contribution < 1.29 is 19.4 Å². The topological polar surface area (TPSA) is 75.6 Å². The molecule has 0 fully saturated rings. The molecule has 0 amide bonds. The van der Waals surface area contributed by atoms with Gasteiger partial charge < -0.3 is 15.2 Å². The van der Waals surface area contributed by atoms with E-state index in [0.717, 1.165) is 12.5 Å². The summed E-state index contributed by atoms with van der Waals surface area (Å²) >= 11 is 0. The molecule has 0 aliphatic rings. The van der Waals surface area contributed by atoms with Gasteiger partial charge in [-0.25, -0.2) is 4.79 Å². The zero-order valence-corrected chi connectivity index (χ0v) is 8.86. The maximum absolute atomic E-state index is 10.7.